The van der Waals surface area contributed by atoms with Gasteiger partial charge in [0, 0.05) is 26.2 Å². The predicted octanol–water partition coefficient (Wildman–Crippen LogP) is 1.94. The van der Waals surface area contributed by atoms with Crippen molar-refractivity contribution in [3.63, 3.8) is 0 Å². The first-order valence-corrected chi connectivity index (χ1v) is 5.48. The predicted molar refractivity (Wildman–Crippen MR) is 54.3 cm³/mol. The summed E-state index contributed by atoms with van der Waals surface area (Å²) in [7, 11) is 0. The Morgan fingerprint density at radius 2 is 2.07 bits per heavy atom. The molecule has 0 atom stereocenters. The normalized spacial score (nSPS) is 18.4. The number of hydrogen-bond acceptors (Lipinski definition) is 3. The Balaban J connectivity index is 1.90. The summed E-state index contributed by atoms with van der Waals surface area (Å²) in [5.74, 6) is 0.274. The Bertz CT molecular complexity index is 162. The first kappa shape index (κ1) is 11.7. The second kappa shape index (κ2) is 6.96. The van der Waals surface area contributed by atoms with Crippen LogP contribution in [0.25, 0.3) is 0 Å². The van der Waals surface area contributed by atoms with Gasteiger partial charge in [-0.15, -0.1) is 0 Å². The average Bonchev–Trinajstić information content (AvgIpc) is 2.18. The van der Waals surface area contributed by atoms with Crippen LogP contribution in [0, 0.1) is 0 Å². The van der Waals surface area contributed by atoms with Gasteiger partial charge in [-0.25, -0.2) is 0 Å². The van der Waals surface area contributed by atoms with Crippen molar-refractivity contribution < 1.29 is 14.3 Å². The molecule has 1 fully saturated rings. The summed E-state index contributed by atoms with van der Waals surface area (Å²) in [6.07, 6.45) is 5.08. The number of ketones is 1. The monoisotopic (exact) mass is 200 g/mol. The molecule has 1 rings (SSSR count). The van der Waals surface area contributed by atoms with Gasteiger partial charge in [0.25, 0.3) is 0 Å². The van der Waals surface area contributed by atoms with E-state index in [4.69, 9.17) is 9.47 Å². The van der Waals surface area contributed by atoms with E-state index in [0.29, 0.717) is 12.5 Å². The summed E-state index contributed by atoms with van der Waals surface area (Å²) in [6.45, 7) is 4.09. The molecule has 1 aliphatic rings. The molecule has 0 spiro atoms. The van der Waals surface area contributed by atoms with Gasteiger partial charge in [-0.3, -0.25) is 0 Å². The molecule has 3 heteroatoms. The Labute approximate surface area is 85.8 Å². The number of rotatable bonds is 6. The van der Waals surface area contributed by atoms with Crippen molar-refractivity contribution in [2.24, 2.45) is 0 Å². The molecule has 0 aromatic carbocycles. The van der Waals surface area contributed by atoms with Crippen LogP contribution in [-0.2, 0) is 14.3 Å². The number of carbonyl (C=O) groups is 1. The number of ether oxygens (including phenoxy) is 2. The molecule has 0 amide bonds. The van der Waals surface area contributed by atoms with Crippen LogP contribution in [0.1, 0.15) is 39.0 Å². The van der Waals surface area contributed by atoms with Crippen LogP contribution < -0.4 is 0 Å². The van der Waals surface area contributed by atoms with Gasteiger partial charge in [-0.05, 0) is 32.6 Å². The standard InChI is InChI=1S/C11H20O3/c1-10(12)4-2-3-7-14-11-5-8-13-9-6-11/h11H,2-9H2,1H3. The lowest BCUT2D eigenvalue weighted by atomic mass is 10.1. The Morgan fingerprint density at radius 1 is 1.36 bits per heavy atom. The molecule has 0 unspecified atom stereocenters. The number of unbranched alkanes of at least 4 members (excludes halogenated alkanes) is 1. The van der Waals surface area contributed by atoms with Gasteiger partial charge < -0.3 is 14.3 Å². The molecule has 0 saturated carbocycles. The minimum Gasteiger partial charge on any atom is -0.381 e. The zero-order valence-corrected chi connectivity index (χ0v) is 8.96. The quantitative estimate of drug-likeness (QED) is 0.615. The molecule has 0 aromatic heterocycles. The van der Waals surface area contributed by atoms with Crippen LogP contribution in [-0.4, -0.2) is 31.7 Å². The fraction of sp³-hybridized carbons (Fsp3) is 0.909. The van der Waals surface area contributed by atoms with E-state index in [1.54, 1.807) is 6.92 Å². The van der Waals surface area contributed by atoms with E-state index in [2.05, 4.69) is 0 Å². The van der Waals surface area contributed by atoms with Crippen LogP contribution in [0.15, 0.2) is 0 Å². The van der Waals surface area contributed by atoms with E-state index in [-0.39, 0.29) is 5.78 Å². The van der Waals surface area contributed by atoms with Gasteiger partial charge in [-0.1, -0.05) is 0 Å². The van der Waals surface area contributed by atoms with Crippen LogP contribution >= 0.6 is 0 Å². The molecule has 1 saturated heterocycles. The molecule has 0 aromatic rings. The van der Waals surface area contributed by atoms with Gasteiger partial charge in [0.05, 0.1) is 6.10 Å². The summed E-state index contributed by atoms with van der Waals surface area (Å²) in [5.41, 5.74) is 0. The molecule has 1 heterocycles. The van der Waals surface area contributed by atoms with Crippen molar-refractivity contribution in [2.45, 2.75) is 45.1 Å². The lowest BCUT2D eigenvalue weighted by molar-refractivity contribution is -0.117. The third-order valence-corrected chi connectivity index (χ3v) is 2.45. The Kier molecular flexibility index (Phi) is 5.80. The molecule has 14 heavy (non-hydrogen) atoms. The SMILES string of the molecule is CC(=O)CCCCOC1CCOCC1. The molecular weight excluding hydrogens is 180 g/mol. The highest BCUT2D eigenvalue weighted by atomic mass is 16.5. The van der Waals surface area contributed by atoms with Gasteiger partial charge in [0.15, 0.2) is 0 Å². The topological polar surface area (TPSA) is 35.5 Å². The first-order valence-electron chi connectivity index (χ1n) is 5.48. The summed E-state index contributed by atoms with van der Waals surface area (Å²) in [5, 5.41) is 0. The molecule has 0 N–H and O–H groups in total. The fourth-order valence-corrected chi connectivity index (χ4v) is 1.57. The summed E-state index contributed by atoms with van der Waals surface area (Å²) >= 11 is 0. The second-order valence-corrected chi connectivity index (χ2v) is 3.84. The van der Waals surface area contributed by atoms with Gasteiger partial charge in [0.2, 0.25) is 0 Å². The molecule has 0 aliphatic carbocycles. The minimum atomic E-state index is 0.274. The molecule has 1 aliphatic heterocycles. The van der Waals surface area contributed by atoms with Crippen LogP contribution in [0.2, 0.25) is 0 Å². The number of carbonyl (C=O) groups excluding carboxylic acids is 1. The minimum absolute atomic E-state index is 0.274. The zero-order valence-electron chi connectivity index (χ0n) is 8.96. The highest BCUT2D eigenvalue weighted by Gasteiger charge is 2.13. The average molecular weight is 200 g/mol. The molecule has 82 valence electrons. The lowest BCUT2D eigenvalue weighted by Crippen LogP contribution is -2.23. The molecule has 0 bridgehead atoms. The van der Waals surface area contributed by atoms with E-state index in [1.165, 1.54) is 0 Å². The smallest absolute Gasteiger partial charge is 0.129 e. The van der Waals surface area contributed by atoms with E-state index >= 15 is 0 Å². The maximum absolute atomic E-state index is 10.7. The largest absolute Gasteiger partial charge is 0.381 e. The highest BCUT2D eigenvalue weighted by molar-refractivity contribution is 5.75. The lowest BCUT2D eigenvalue weighted by Gasteiger charge is -2.22. The van der Waals surface area contributed by atoms with Crippen molar-refractivity contribution in [2.75, 3.05) is 19.8 Å². The number of Topliss-reactive ketones (excluding diaryl/α,β-unsaturated/α-hetero) is 1. The van der Waals surface area contributed by atoms with Gasteiger partial charge in [0.1, 0.15) is 5.78 Å². The molecule has 3 nitrogen and oxygen atoms in total. The zero-order chi connectivity index (χ0) is 10.2. The first-order chi connectivity index (χ1) is 6.79. The van der Waals surface area contributed by atoms with Gasteiger partial charge in [-0.2, -0.15) is 0 Å². The molecule has 0 radical (unpaired) electrons. The third kappa shape index (κ3) is 5.35. The van der Waals surface area contributed by atoms with Crippen LogP contribution in [0.5, 0.6) is 0 Å². The van der Waals surface area contributed by atoms with Crippen molar-refractivity contribution in [3.8, 4) is 0 Å². The van der Waals surface area contributed by atoms with E-state index in [9.17, 15) is 4.79 Å². The summed E-state index contributed by atoms with van der Waals surface area (Å²) in [4.78, 5) is 10.7. The fourth-order valence-electron chi connectivity index (χ4n) is 1.57. The van der Waals surface area contributed by atoms with E-state index < -0.39 is 0 Å². The van der Waals surface area contributed by atoms with Crippen molar-refractivity contribution >= 4 is 5.78 Å². The Morgan fingerprint density at radius 3 is 2.71 bits per heavy atom. The number of hydrogen-bond donors (Lipinski definition) is 0. The highest BCUT2D eigenvalue weighted by Crippen LogP contribution is 2.11. The van der Waals surface area contributed by atoms with Crippen LogP contribution in [0.4, 0.5) is 0 Å². The molecular formula is C11H20O3. The van der Waals surface area contributed by atoms with Gasteiger partial charge >= 0.3 is 0 Å². The van der Waals surface area contributed by atoms with E-state index in [1.807, 2.05) is 0 Å². The third-order valence-electron chi connectivity index (χ3n) is 2.45. The van der Waals surface area contributed by atoms with Crippen molar-refractivity contribution in [1.29, 1.82) is 0 Å². The van der Waals surface area contributed by atoms with Crippen molar-refractivity contribution in [3.05, 3.63) is 0 Å². The maximum atomic E-state index is 10.7. The summed E-state index contributed by atoms with van der Waals surface area (Å²) < 4.78 is 10.9. The summed E-state index contributed by atoms with van der Waals surface area (Å²) in [6, 6.07) is 0. The van der Waals surface area contributed by atoms with E-state index in [0.717, 1.165) is 45.5 Å². The maximum Gasteiger partial charge on any atom is 0.129 e. The van der Waals surface area contributed by atoms with Crippen molar-refractivity contribution in [1.82, 2.24) is 0 Å². The second-order valence-electron chi connectivity index (χ2n) is 3.84. The van der Waals surface area contributed by atoms with Crippen LogP contribution in [0.3, 0.4) is 0 Å². The Hall–Kier alpha value is -0.410.